The number of anilines is 1. The molecule has 4 heterocycles. The van der Waals surface area contributed by atoms with Gasteiger partial charge in [-0.25, -0.2) is 15.0 Å². The largest absolute Gasteiger partial charge is 0.354 e. The van der Waals surface area contributed by atoms with Crippen molar-refractivity contribution in [1.82, 2.24) is 19.9 Å². The van der Waals surface area contributed by atoms with Crippen LogP contribution in [0.15, 0.2) is 6.07 Å². The van der Waals surface area contributed by atoms with E-state index in [-0.39, 0.29) is 5.91 Å². The van der Waals surface area contributed by atoms with Crippen molar-refractivity contribution in [3.8, 4) is 0 Å². The Morgan fingerprint density at radius 2 is 1.73 bits per heavy atom. The first-order valence-electron chi connectivity index (χ1n) is 9.41. The van der Waals surface area contributed by atoms with Gasteiger partial charge in [-0.1, -0.05) is 0 Å². The number of hydrogen-bond acceptors (Lipinski definition) is 6. The van der Waals surface area contributed by atoms with Crippen LogP contribution in [0.25, 0.3) is 11.0 Å². The SMILES string of the molecule is Cc1cc(C)c2c(N3CCSCC3)nc(C(=O)N3CCCCC3)nc2n1. The molecule has 0 radical (unpaired) electrons. The van der Waals surface area contributed by atoms with Crippen LogP contribution in [0.1, 0.15) is 41.1 Å². The molecule has 0 spiro atoms. The van der Waals surface area contributed by atoms with Gasteiger partial charge in [-0.3, -0.25) is 4.79 Å². The molecule has 4 rings (SSSR count). The number of rotatable bonds is 2. The average molecular weight is 372 g/mol. The number of likely N-dealkylation sites (tertiary alicyclic amines) is 1. The van der Waals surface area contributed by atoms with E-state index in [2.05, 4.69) is 27.9 Å². The zero-order valence-corrected chi connectivity index (χ0v) is 16.3. The number of thioether (sulfide) groups is 1. The second kappa shape index (κ2) is 7.39. The molecule has 0 bridgehead atoms. The minimum absolute atomic E-state index is 0.0554. The summed E-state index contributed by atoms with van der Waals surface area (Å²) in [6.07, 6.45) is 3.32. The third-order valence-corrected chi connectivity index (χ3v) is 6.06. The van der Waals surface area contributed by atoms with Crippen molar-refractivity contribution >= 4 is 34.5 Å². The van der Waals surface area contributed by atoms with Crippen LogP contribution in [0, 0.1) is 13.8 Å². The number of amides is 1. The van der Waals surface area contributed by atoms with E-state index in [1.807, 2.05) is 23.6 Å². The third kappa shape index (κ3) is 3.37. The van der Waals surface area contributed by atoms with Crippen LogP contribution in [-0.4, -0.2) is 63.4 Å². The molecule has 2 aliphatic heterocycles. The van der Waals surface area contributed by atoms with E-state index in [0.29, 0.717) is 11.5 Å². The number of carbonyl (C=O) groups is 1. The van der Waals surface area contributed by atoms with Gasteiger partial charge in [-0.2, -0.15) is 11.8 Å². The van der Waals surface area contributed by atoms with E-state index in [9.17, 15) is 4.79 Å². The molecule has 2 aromatic rings. The predicted octanol–water partition coefficient (Wildman–Crippen LogP) is 2.82. The Balaban J connectivity index is 1.82. The third-order valence-electron chi connectivity index (χ3n) is 5.12. The number of pyridine rings is 1. The van der Waals surface area contributed by atoms with Gasteiger partial charge in [-0.05, 0) is 44.7 Å². The summed E-state index contributed by atoms with van der Waals surface area (Å²) in [7, 11) is 0. The fourth-order valence-corrected chi connectivity index (χ4v) is 4.70. The topological polar surface area (TPSA) is 62.2 Å². The number of aryl methyl sites for hydroxylation is 2. The minimum atomic E-state index is -0.0554. The molecule has 0 aliphatic carbocycles. The van der Waals surface area contributed by atoms with Crippen LogP contribution >= 0.6 is 11.8 Å². The molecule has 2 fully saturated rings. The van der Waals surface area contributed by atoms with Gasteiger partial charge in [0.05, 0.1) is 5.39 Å². The molecule has 0 atom stereocenters. The van der Waals surface area contributed by atoms with Crippen molar-refractivity contribution in [2.24, 2.45) is 0 Å². The van der Waals surface area contributed by atoms with E-state index in [4.69, 9.17) is 4.98 Å². The Morgan fingerprint density at radius 1 is 1.00 bits per heavy atom. The smallest absolute Gasteiger partial charge is 0.291 e. The molecule has 138 valence electrons. The first-order valence-corrected chi connectivity index (χ1v) is 10.6. The van der Waals surface area contributed by atoms with Crippen molar-refractivity contribution in [2.45, 2.75) is 33.1 Å². The molecule has 2 aliphatic rings. The zero-order valence-electron chi connectivity index (χ0n) is 15.5. The molecule has 0 N–H and O–H groups in total. The highest BCUT2D eigenvalue weighted by Gasteiger charge is 2.25. The molecule has 6 nitrogen and oxygen atoms in total. The maximum Gasteiger partial charge on any atom is 0.291 e. The molecule has 0 aromatic carbocycles. The Bertz CT molecular complexity index is 828. The number of hydrogen-bond donors (Lipinski definition) is 0. The van der Waals surface area contributed by atoms with Crippen molar-refractivity contribution in [1.29, 1.82) is 0 Å². The summed E-state index contributed by atoms with van der Waals surface area (Å²) < 4.78 is 0. The summed E-state index contributed by atoms with van der Waals surface area (Å²) in [5.41, 5.74) is 2.69. The van der Waals surface area contributed by atoms with Gasteiger partial charge in [0.25, 0.3) is 5.91 Å². The Hall–Kier alpha value is -1.89. The summed E-state index contributed by atoms with van der Waals surface area (Å²) in [6.45, 7) is 7.54. The summed E-state index contributed by atoms with van der Waals surface area (Å²) >= 11 is 1.96. The lowest BCUT2D eigenvalue weighted by Crippen LogP contribution is -2.38. The lowest BCUT2D eigenvalue weighted by molar-refractivity contribution is 0.0712. The van der Waals surface area contributed by atoms with Crippen molar-refractivity contribution in [3.05, 3.63) is 23.1 Å². The van der Waals surface area contributed by atoms with Gasteiger partial charge in [0, 0.05) is 43.4 Å². The Labute approximate surface area is 158 Å². The lowest BCUT2D eigenvalue weighted by atomic mass is 10.1. The number of nitrogens with zero attached hydrogens (tertiary/aromatic N) is 5. The molecule has 0 saturated carbocycles. The monoisotopic (exact) mass is 371 g/mol. The van der Waals surface area contributed by atoms with Gasteiger partial charge in [-0.15, -0.1) is 0 Å². The van der Waals surface area contributed by atoms with Crippen LogP contribution in [0.5, 0.6) is 0 Å². The molecule has 2 aromatic heterocycles. The number of piperidine rings is 1. The van der Waals surface area contributed by atoms with E-state index >= 15 is 0 Å². The molecular weight excluding hydrogens is 346 g/mol. The molecule has 1 amide bonds. The molecule has 26 heavy (non-hydrogen) atoms. The molecule has 0 unspecified atom stereocenters. The van der Waals surface area contributed by atoms with Crippen molar-refractivity contribution in [2.75, 3.05) is 42.6 Å². The van der Waals surface area contributed by atoms with Gasteiger partial charge >= 0.3 is 0 Å². The highest BCUT2D eigenvalue weighted by molar-refractivity contribution is 7.99. The molecular formula is C19H25N5OS. The fourth-order valence-electron chi connectivity index (χ4n) is 3.79. The highest BCUT2D eigenvalue weighted by Crippen LogP contribution is 2.29. The second-order valence-electron chi connectivity index (χ2n) is 7.10. The van der Waals surface area contributed by atoms with Crippen LogP contribution < -0.4 is 4.90 Å². The second-order valence-corrected chi connectivity index (χ2v) is 8.33. The van der Waals surface area contributed by atoms with Crippen LogP contribution in [-0.2, 0) is 0 Å². The Morgan fingerprint density at radius 3 is 2.46 bits per heavy atom. The highest BCUT2D eigenvalue weighted by atomic mass is 32.2. The van der Waals surface area contributed by atoms with Gasteiger partial charge in [0.15, 0.2) is 5.65 Å². The predicted molar refractivity (Wildman–Crippen MR) is 106 cm³/mol. The van der Waals surface area contributed by atoms with Crippen LogP contribution in [0.4, 0.5) is 5.82 Å². The summed E-state index contributed by atoms with van der Waals surface area (Å²) in [4.78, 5) is 31.2. The summed E-state index contributed by atoms with van der Waals surface area (Å²) in [5.74, 6) is 3.28. The zero-order chi connectivity index (χ0) is 18.1. The quantitative estimate of drug-likeness (QED) is 0.809. The number of carbonyl (C=O) groups excluding carboxylic acids is 1. The van der Waals surface area contributed by atoms with Crippen LogP contribution in [0.2, 0.25) is 0 Å². The van der Waals surface area contributed by atoms with Gasteiger partial charge in [0.1, 0.15) is 5.82 Å². The van der Waals surface area contributed by atoms with E-state index < -0.39 is 0 Å². The van der Waals surface area contributed by atoms with Gasteiger partial charge in [0.2, 0.25) is 5.82 Å². The van der Waals surface area contributed by atoms with Crippen molar-refractivity contribution < 1.29 is 4.79 Å². The lowest BCUT2D eigenvalue weighted by Gasteiger charge is -2.30. The Kier molecular flexibility index (Phi) is 4.98. The number of aromatic nitrogens is 3. The summed E-state index contributed by atoms with van der Waals surface area (Å²) in [6, 6.07) is 2.07. The van der Waals surface area contributed by atoms with Crippen molar-refractivity contribution in [3.63, 3.8) is 0 Å². The van der Waals surface area contributed by atoms with Gasteiger partial charge < -0.3 is 9.80 Å². The van der Waals surface area contributed by atoms with E-state index in [0.717, 1.165) is 73.0 Å². The number of fused-ring (bicyclic) bond motifs is 1. The first kappa shape index (κ1) is 17.5. The summed E-state index contributed by atoms with van der Waals surface area (Å²) in [5, 5.41) is 0.984. The average Bonchev–Trinajstić information content (AvgIpc) is 2.67. The minimum Gasteiger partial charge on any atom is -0.354 e. The first-order chi connectivity index (χ1) is 12.6. The standard InChI is InChI=1S/C19H25N5OS/c1-13-12-14(2)20-16-15(13)18(23-8-10-26-11-9-23)22-17(21-16)19(25)24-6-4-3-5-7-24/h12H,3-11H2,1-2H3. The maximum absolute atomic E-state index is 13.0. The fraction of sp³-hybridized carbons (Fsp3) is 0.579. The van der Waals surface area contributed by atoms with E-state index in [1.54, 1.807) is 0 Å². The van der Waals surface area contributed by atoms with E-state index in [1.165, 1.54) is 6.42 Å². The normalized spacial score (nSPS) is 18.4. The van der Waals surface area contributed by atoms with Crippen LogP contribution in [0.3, 0.4) is 0 Å². The maximum atomic E-state index is 13.0. The molecule has 2 saturated heterocycles. The molecule has 7 heteroatoms.